The quantitative estimate of drug-likeness (QED) is 0.270. The maximum atomic E-state index is 14.1. The Kier molecular flexibility index (Phi) is 11.7. The summed E-state index contributed by atoms with van der Waals surface area (Å²) in [5.74, 6) is -0.394. The lowest BCUT2D eigenvalue weighted by atomic mass is 10.1. The molecule has 42 heavy (non-hydrogen) atoms. The fourth-order valence-corrected chi connectivity index (χ4v) is 5.81. The summed E-state index contributed by atoms with van der Waals surface area (Å²) in [6.07, 6.45) is 1.02. The van der Waals surface area contributed by atoms with Crippen LogP contribution in [0.15, 0.2) is 77.7 Å². The topological polar surface area (TPSA) is 105 Å². The Morgan fingerprint density at radius 3 is 2.24 bits per heavy atom. The van der Waals surface area contributed by atoms with Crippen molar-refractivity contribution >= 4 is 27.5 Å². The minimum atomic E-state index is -4.32. The minimum Gasteiger partial charge on any atom is -0.497 e. The number of ether oxygens (including phenoxy) is 2. The molecule has 0 aliphatic heterocycles. The van der Waals surface area contributed by atoms with E-state index in [9.17, 15) is 22.4 Å². The number of methoxy groups -OCH3 is 1. The van der Waals surface area contributed by atoms with Crippen molar-refractivity contribution in [2.75, 3.05) is 31.1 Å². The molecule has 9 nitrogen and oxygen atoms in total. The minimum absolute atomic E-state index is 0.0435. The van der Waals surface area contributed by atoms with E-state index in [0.29, 0.717) is 43.1 Å². The van der Waals surface area contributed by atoms with Gasteiger partial charge in [0.1, 0.15) is 29.9 Å². The van der Waals surface area contributed by atoms with Gasteiger partial charge in [0.25, 0.3) is 10.0 Å². The number of hydrogen-bond acceptors (Lipinski definition) is 6. The third-order valence-electron chi connectivity index (χ3n) is 6.54. The van der Waals surface area contributed by atoms with Gasteiger partial charge in [-0.15, -0.1) is 0 Å². The molecule has 0 heterocycles. The summed E-state index contributed by atoms with van der Waals surface area (Å²) in [5.41, 5.74) is 0.916. The Morgan fingerprint density at radius 1 is 0.952 bits per heavy atom. The second-order valence-electron chi connectivity index (χ2n) is 9.48. The molecule has 0 aliphatic carbocycles. The molecule has 0 saturated heterocycles. The predicted molar refractivity (Wildman–Crippen MR) is 159 cm³/mol. The second-order valence-corrected chi connectivity index (χ2v) is 11.3. The third kappa shape index (κ3) is 8.22. The van der Waals surface area contributed by atoms with E-state index in [4.69, 9.17) is 9.47 Å². The molecule has 1 N–H and O–H groups in total. The number of sulfonamides is 1. The van der Waals surface area contributed by atoms with Gasteiger partial charge in [-0.2, -0.15) is 0 Å². The number of nitrogens with zero attached hydrogens (tertiary/aromatic N) is 2. The maximum Gasteiger partial charge on any atom is 0.264 e. The number of amides is 2. The van der Waals surface area contributed by atoms with Crippen molar-refractivity contribution in [3.63, 3.8) is 0 Å². The first-order valence-corrected chi connectivity index (χ1v) is 15.3. The summed E-state index contributed by atoms with van der Waals surface area (Å²) in [4.78, 5) is 28.5. The van der Waals surface area contributed by atoms with E-state index < -0.39 is 34.3 Å². The molecule has 1 atom stereocenters. The van der Waals surface area contributed by atoms with Gasteiger partial charge < -0.3 is 19.7 Å². The summed E-state index contributed by atoms with van der Waals surface area (Å²) < 4.78 is 53.2. The smallest absolute Gasteiger partial charge is 0.264 e. The molecular weight excluding hydrogens is 561 g/mol. The van der Waals surface area contributed by atoms with Gasteiger partial charge in [-0.25, -0.2) is 12.8 Å². The van der Waals surface area contributed by atoms with Gasteiger partial charge >= 0.3 is 0 Å². The molecule has 0 bridgehead atoms. The molecule has 0 radical (unpaired) electrons. The number of carbonyl (C=O) groups is 2. The summed E-state index contributed by atoms with van der Waals surface area (Å²) >= 11 is 0. The fraction of sp³-hybridized carbons (Fsp3) is 0.355. The van der Waals surface area contributed by atoms with E-state index in [-0.39, 0.29) is 23.0 Å². The van der Waals surface area contributed by atoms with Crippen LogP contribution in [0.3, 0.4) is 0 Å². The summed E-state index contributed by atoms with van der Waals surface area (Å²) in [6, 6.07) is 16.9. The number of carbonyl (C=O) groups excluding carboxylic acids is 2. The molecule has 3 rings (SSSR count). The van der Waals surface area contributed by atoms with Gasteiger partial charge in [0.15, 0.2) is 0 Å². The van der Waals surface area contributed by atoms with E-state index in [2.05, 4.69) is 5.32 Å². The first-order chi connectivity index (χ1) is 20.1. The Labute approximate surface area is 247 Å². The van der Waals surface area contributed by atoms with Crippen LogP contribution in [-0.4, -0.2) is 58.0 Å². The van der Waals surface area contributed by atoms with Crippen molar-refractivity contribution in [2.24, 2.45) is 0 Å². The monoisotopic (exact) mass is 599 g/mol. The lowest BCUT2D eigenvalue weighted by molar-refractivity contribution is -0.140. The summed E-state index contributed by atoms with van der Waals surface area (Å²) in [5, 5.41) is 2.85. The highest BCUT2D eigenvalue weighted by molar-refractivity contribution is 7.92. The van der Waals surface area contributed by atoms with Crippen LogP contribution in [0.25, 0.3) is 0 Å². The number of rotatable bonds is 15. The lowest BCUT2D eigenvalue weighted by Gasteiger charge is -2.33. The van der Waals surface area contributed by atoms with E-state index in [0.717, 1.165) is 28.6 Å². The van der Waals surface area contributed by atoms with Crippen LogP contribution in [0.2, 0.25) is 0 Å². The molecule has 226 valence electrons. The van der Waals surface area contributed by atoms with E-state index in [1.165, 1.54) is 24.1 Å². The molecule has 0 saturated carbocycles. The van der Waals surface area contributed by atoms with Crippen LogP contribution >= 0.6 is 0 Å². The summed E-state index contributed by atoms with van der Waals surface area (Å²) in [6.45, 7) is 5.85. The molecule has 0 aliphatic rings. The fourth-order valence-electron chi connectivity index (χ4n) is 4.39. The van der Waals surface area contributed by atoms with Crippen molar-refractivity contribution in [3.8, 4) is 11.5 Å². The average molecular weight is 600 g/mol. The largest absolute Gasteiger partial charge is 0.497 e. The number of nitrogens with one attached hydrogen (secondary N) is 1. The van der Waals surface area contributed by atoms with E-state index >= 15 is 0 Å². The summed E-state index contributed by atoms with van der Waals surface area (Å²) in [7, 11) is -2.79. The SMILES string of the molecule is CCCNC(=O)C(CC)N(Cc1cccc(OC)c1)C(=O)CN(c1ccc(OCC)cc1)S(=O)(=O)c1ccc(F)cc1. The van der Waals surface area contributed by atoms with E-state index in [1.54, 1.807) is 43.3 Å². The number of hydrogen-bond donors (Lipinski definition) is 1. The Bertz CT molecular complexity index is 1430. The highest BCUT2D eigenvalue weighted by atomic mass is 32.2. The van der Waals surface area contributed by atoms with Crippen LogP contribution in [0.4, 0.5) is 10.1 Å². The van der Waals surface area contributed by atoms with Crippen LogP contribution in [0.1, 0.15) is 39.2 Å². The first-order valence-electron chi connectivity index (χ1n) is 13.9. The zero-order chi connectivity index (χ0) is 30.7. The van der Waals surface area contributed by atoms with Gasteiger partial charge in [0.2, 0.25) is 11.8 Å². The molecule has 0 spiro atoms. The third-order valence-corrected chi connectivity index (χ3v) is 8.33. The molecule has 0 fully saturated rings. The number of anilines is 1. The van der Waals surface area contributed by atoms with Crippen LogP contribution < -0.4 is 19.1 Å². The van der Waals surface area contributed by atoms with Crippen LogP contribution in [-0.2, 0) is 26.2 Å². The second kappa shape index (κ2) is 15.2. The van der Waals surface area contributed by atoms with Crippen molar-refractivity contribution in [3.05, 3.63) is 84.2 Å². The molecule has 3 aromatic carbocycles. The van der Waals surface area contributed by atoms with Crippen molar-refractivity contribution < 1.29 is 31.9 Å². The highest BCUT2D eigenvalue weighted by Gasteiger charge is 2.33. The van der Waals surface area contributed by atoms with Crippen LogP contribution in [0.5, 0.6) is 11.5 Å². The predicted octanol–water partition coefficient (Wildman–Crippen LogP) is 4.76. The molecule has 11 heteroatoms. The molecule has 1 unspecified atom stereocenters. The van der Waals surface area contributed by atoms with Crippen molar-refractivity contribution in [2.45, 2.75) is 51.1 Å². The van der Waals surface area contributed by atoms with Crippen molar-refractivity contribution in [1.29, 1.82) is 0 Å². The Hall–Kier alpha value is -4.12. The van der Waals surface area contributed by atoms with Crippen molar-refractivity contribution in [1.82, 2.24) is 10.2 Å². The number of benzene rings is 3. The van der Waals surface area contributed by atoms with Gasteiger partial charge in [-0.1, -0.05) is 26.0 Å². The average Bonchev–Trinajstić information content (AvgIpc) is 2.99. The van der Waals surface area contributed by atoms with Gasteiger partial charge in [-0.3, -0.25) is 13.9 Å². The van der Waals surface area contributed by atoms with Gasteiger partial charge in [0.05, 0.1) is 24.3 Å². The van der Waals surface area contributed by atoms with E-state index in [1.807, 2.05) is 13.8 Å². The molecule has 2 amide bonds. The first kappa shape index (κ1) is 32.4. The van der Waals surface area contributed by atoms with Gasteiger partial charge in [0, 0.05) is 13.1 Å². The lowest BCUT2D eigenvalue weighted by Crippen LogP contribution is -2.52. The molecular formula is C31H38FN3O6S. The van der Waals surface area contributed by atoms with Gasteiger partial charge in [-0.05, 0) is 86.0 Å². The number of halogens is 1. The standard InChI is InChI=1S/C31H38FN3O6S/c1-5-19-33-31(37)29(6-2)34(21-23-9-8-10-27(20-23)40-4)30(36)22-35(25-13-15-26(16-14-25)41-7-3)42(38,39)28-17-11-24(32)12-18-28/h8-18,20,29H,5-7,19,21-22H2,1-4H3,(H,33,37). The Morgan fingerprint density at radius 2 is 1.64 bits per heavy atom. The Balaban J connectivity index is 2.06. The maximum absolute atomic E-state index is 14.1. The zero-order valence-corrected chi connectivity index (χ0v) is 25.2. The zero-order valence-electron chi connectivity index (χ0n) is 24.4. The normalized spacial score (nSPS) is 11.8. The van der Waals surface area contributed by atoms with Crippen LogP contribution in [0, 0.1) is 5.82 Å². The molecule has 3 aromatic rings. The molecule has 0 aromatic heterocycles. The highest BCUT2D eigenvalue weighted by Crippen LogP contribution is 2.27.